The van der Waals surface area contributed by atoms with Gasteiger partial charge in [0.25, 0.3) is 6.43 Å². The summed E-state index contributed by atoms with van der Waals surface area (Å²) in [6.45, 7) is 0.0233. The number of sulfonamides is 1. The van der Waals surface area contributed by atoms with Crippen LogP contribution in [0.2, 0.25) is 0 Å². The van der Waals surface area contributed by atoms with Gasteiger partial charge in [-0.25, -0.2) is 21.9 Å². The maximum Gasteiger partial charge on any atom is 0.261 e. The van der Waals surface area contributed by atoms with Crippen molar-refractivity contribution in [3.63, 3.8) is 0 Å². The van der Waals surface area contributed by atoms with Crippen LogP contribution in [0.3, 0.4) is 0 Å². The smallest absolute Gasteiger partial charge is 0.261 e. The molecule has 108 valence electrons. The molecule has 0 aromatic heterocycles. The topological polar surface area (TPSA) is 67.4 Å². The van der Waals surface area contributed by atoms with Gasteiger partial charge in [0.2, 0.25) is 10.0 Å². The summed E-state index contributed by atoms with van der Waals surface area (Å²) in [7, 11) is -3.32. The van der Waals surface area contributed by atoms with E-state index in [1.54, 1.807) is 0 Å². The second kappa shape index (κ2) is 7.98. The van der Waals surface area contributed by atoms with Crippen LogP contribution in [0.1, 0.15) is 19.3 Å². The minimum Gasteiger partial charge on any atom is -0.374 e. The predicted octanol–water partition coefficient (Wildman–Crippen LogP) is 0.330. The third kappa shape index (κ3) is 8.73. The lowest BCUT2D eigenvalue weighted by molar-refractivity contribution is 0.0199. The van der Waals surface area contributed by atoms with E-state index in [4.69, 9.17) is 0 Å². The van der Waals surface area contributed by atoms with E-state index in [0.29, 0.717) is 19.0 Å². The van der Waals surface area contributed by atoms with E-state index in [-0.39, 0.29) is 18.9 Å². The molecule has 0 heterocycles. The van der Waals surface area contributed by atoms with E-state index in [0.717, 1.165) is 0 Å². The molecule has 1 aliphatic carbocycles. The van der Waals surface area contributed by atoms with Crippen molar-refractivity contribution in [2.45, 2.75) is 31.7 Å². The van der Waals surface area contributed by atoms with Gasteiger partial charge in [0.15, 0.2) is 0 Å². The Kier molecular flexibility index (Phi) is 6.98. The molecular weight excluding hydrogens is 266 g/mol. The molecule has 5 nitrogen and oxygen atoms in total. The standard InChI is InChI=1S/C10H20F2N2O3S/c11-10(12)8-17-6-5-14-18(15,16)7-1-4-13-9-2-3-9/h9-10,13-14H,1-8H2. The summed E-state index contributed by atoms with van der Waals surface area (Å²) in [6, 6.07) is 0.573. The van der Waals surface area contributed by atoms with Crippen molar-refractivity contribution in [2.24, 2.45) is 0 Å². The molecule has 0 unspecified atom stereocenters. The fourth-order valence-electron chi connectivity index (χ4n) is 1.37. The van der Waals surface area contributed by atoms with Gasteiger partial charge >= 0.3 is 0 Å². The van der Waals surface area contributed by atoms with Crippen LogP contribution >= 0.6 is 0 Å². The Hall–Kier alpha value is -0.310. The molecule has 0 radical (unpaired) electrons. The third-order valence-corrected chi connectivity index (χ3v) is 3.88. The van der Waals surface area contributed by atoms with Gasteiger partial charge < -0.3 is 10.1 Å². The Morgan fingerprint density at radius 2 is 2.00 bits per heavy atom. The number of halogens is 2. The van der Waals surface area contributed by atoms with Crippen LogP contribution in [0.25, 0.3) is 0 Å². The highest BCUT2D eigenvalue weighted by atomic mass is 32.2. The first-order chi connectivity index (χ1) is 8.49. The number of ether oxygens (including phenoxy) is 1. The van der Waals surface area contributed by atoms with Crippen LogP contribution in [0, 0.1) is 0 Å². The van der Waals surface area contributed by atoms with Crippen LogP contribution in [-0.2, 0) is 14.8 Å². The predicted molar refractivity (Wildman–Crippen MR) is 64.3 cm³/mol. The fraction of sp³-hybridized carbons (Fsp3) is 1.00. The minimum atomic E-state index is -3.32. The molecule has 0 aliphatic heterocycles. The molecule has 0 bridgehead atoms. The third-order valence-electron chi connectivity index (χ3n) is 2.41. The zero-order valence-corrected chi connectivity index (χ0v) is 11.0. The SMILES string of the molecule is O=S(=O)(CCCNC1CC1)NCCOCC(F)F. The van der Waals surface area contributed by atoms with Gasteiger partial charge in [-0.15, -0.1) is 0 Å². The number of rotatable bonds is 11. The van der Waals surface area contributed by atoms with Crippen molar-refractivity contribution in [1.82, 2.24) is 10.0 Å². The molecule has 1 saturated carbocycles. The van der Waals surface area contributed by atoms with Crippen molar-refractivity contribution >= 4 is 10.0 Å². The summed E-state index contributed by atoms with van der Waals surface area (Å²) in [6.07, 6.45) is 0.373. The zero-order valence-electron chi connectivity index (χ0n) is 10.2. The first-order valence-corrected chi connectivity index (χ1v) is 7.71. The van der Waals surface area contributed by atoms with Crippen LogP contribution in [-0.4, -0.2) is 52.9 Å². The largest absolute Gasteiger partial charge is 0.374 e. The molecule has 0 aromatic carbocycles. The average Bonchev–Trinajstić information content (AvgIpc) is 3.07. The average molecular weight is 286 g/mol. The van der Waals surface area contributed by atoms with Gasteiger partial charge in [-0.3, -0.25) is 0 Å². The van der Waals surface area contributed by atoms with Gasteiger partial charge in [-0.2, -0.15) is 0 Å². The molecule has 2 N–H and O–H groups in total. The molecule has 0 spiro atoms. The van der Waals surface area contributed by atoms with Gasteiger partial charge in [-0.1, -0.05) is 0 Å². The molecule has 0 atom stereocenters. The second-order valence-corrected chi connectivity index (χ2v) is 6.19. The minimum absolute atomic E-state index is 0.0328. The highest BCUT2D eigenvalue weighted by molar-refractivity contribution is 7.89. The van der Waals surface area contributed by atoms with E-state index in [1.807, 2.05) is 0 Å². The summed E-state index contributed by atoms with van der Waals surface area (Å²) >= 11 is 0. The molecular formula is C10H20F2N2O3S. The Morgan fingerprint density at radius 1 is 1.28 bits per heavy atom. The van der Waals surface area contributed by atoms with Crippen LogP contribution < -0.4 is 10.0 Å². The molecule has 18 heavy (non-hydrogen) atoms. The summed E-state index contributed by atoms with van der Waals surface area (Å²) in [5.74, 6) is 0.0432. The molecule has 1 aliphatic rings. The monoisotopic (exact) mass is 286 g/mol. The summed E-state index contributed by atoms with van der Waals surface area (Å²) < 4.78 is 53.2. The zero-order chi connectivity index (χ0) is 13.4. The Balaban J connectivity index is 1.96. The highest BCUT2D eigenvalue weighted by Crippen LogP contribution is 2.18. The normalized spacial score (nSPS) is 16.4. The van der Waals surface area contributed by atoms with Crippen molar-refractivity contribution in [1.29, 1.82) is 0 Å². The first-order valence-electron chi connectivity index (χ1n) is 6.06. The molecule has 0 aromatic rings. The van der Waals surface area contributed by atoms with Crippen molar-refractivity contribution in [3.05, 3.63) is 0 Å². The van der Waals surface area contributed by atoms with Gasteiger partial charge in [0.1, 0.15) is 6.61 Å². The number of hydrogen-bond acceptors (Lipinski definition) is 4. The van der Waals surface area contributed by atoms with E-state index in [1.165, 1.54) is 12.8 Å². The fourth-order valence-corrected chi connectivity index (χ4v) is 2.43. The summed E-state index contributed by atoms with van der Waals surface area (Å²) in [5.41, 5.74) is 0. The van der Waals surface area contributed by atoms with E-state index in [9.17, 15) is 17.2 Å². The van der Waals surface area contributed by atoms with Crippen molar-refractivity contribution in [3.8, 4) is 0 Å². The lowest BCUT2D eigenvalue weighted by atomic mass is 10.5. The molecule has 0 saturated heterocycles. The Labute approximate surface area is 106 Å². The van der Waals surface area contributed by atoms with Crippen molar-refractivity contribution < 1.29 is 21.9 Å². The first kappa shape index (κ1) is 15.7. The lowest BCUT2D eigenvalue weighted by Crippen LogP contribution is -2.31. The summed E-state index contributed by atoms with van der Waals surface area (Å²) in [4.78, 5) is 0. The lowest BCUT2D eigenvalue weighted by Gasteiger charge is -2.07. The van der Waals surface area contributed by atoms with E-state index in [2.05, 4.69) is 14.8 Å². The molecule has 8 heteroatoms. The van der Waals surface area contributed by atoms with Crippen LogP contribution in [0.5, 0.6) is 0 Å². The Bertz CT molecular complexity index is 321. The molecule has 1 fully saturated rings. The summed E-state index contributed by atoms with van der Waals surface area (Å²) in [5, 5.41) is 3.22. The van der Waals surface area contributed by atoms with Gasteiger partial charge in [-0.05, 0) is 25.8 Å². The van der Waals surface area contributed by atoms with Crippen molar-refractivity contribution in [2.75, 3.05) is 32.1 Å². The second-order valence-electron chi connectivity index (χ2n) is 4.26. The maximum atomic E-state index is 11.7. The van der Waals surface area contributed by atoms with E-state index >= 15 is 0 Å². The number of hydrogen-bond donors (Lipinski definition) is 2. The molecule has 0 amide bonds. The van der Waals surface area contributed by atoms with Gasteiger partial charge in [0.05, 0.1) is 12.4 Å². The quantitative estimate of drug-likeness (QED) is 0.537. The maximum absolute atomic E-state index is 11.7. The van der Waals surface area contributed by atoms with Crippen LogP contribution in [0.4, 0.5) is 8.78 Å². The highest BCUT2D eigenvalue weighted by Gasteiger charge is 2.20. The Morgan fingerprint density at radius 3 is 2.61 bits per heavy atom. The van der Waals surface area contributed by atoms with Gasteiger partial charge in [0, 0.05) is 12.6 Å². The van der Waals surface area contributed by atoms with E-state index < -0.39 is 23.1 Å². The van der Waals surface area contributed by atoms with Crippen LogP contribution in [0.15, 0.2) is 0 Å². The number of nitrogens with one attached hydrogen (secondary N) is 2. The molecule has 1 rings (SSSR count). The number of alkyl halides is 2.